The zero-order valence-corrected chi connectivity index (χ0v) is 12.8. The predicted octanol–water partition coefficient (Wildman–Crippen LogP) is 3.43. The molecule has 0 aromatic rings. The Kier molecular flexibility index (Phi) is 5.87. The van der Waals surface area contributed by atoms with Gasteiger partial charge in [-0.2, -0.15) is 0 Å². The molecule has 0 radical (unpaired) electrons. The van der Waals surface area contributed by atoms with Crippen LogP contribution < -0.4 is 5.73 Å². The van der Waals surface area contributed by atoms with Crippen LogP contribution in [0.1, 0.15) is 53.4 Å². The largest absolute Gasteiger partial charge is 0.330 e. The normalized spacial score (nSPS) is 32.1. The van der Waals surface area contributed by atoms with Gasteiger partial charge in [-0.1, -0.05) is 39.8 Å². The van der Waals surface area contributed by atoms with Crippen LogP contribution in [0, 0.1) is 10.8 Å². The van der Waals surface area contributed by atoms with E-state index in [0.29, 0.717) is 5.41 Å². The molecule has 0 heterocycles. The quantitative estimate of drug-likeness (QED) is 0.703. The van der Waals surface area contributed by atoms with E-state index >= 15 is 0 Å². The lowest BCUT2D eigenvalue weighted by Gasteiger charge is -2.46. The summed E-state index contributed by atoms with van der Waals surface area (Å²) in [6, 6.07) is 0. The van der Waals surface area contributed by atoms with Gasteiger partial charge in [0.25, 0.3) is 0 Å². The van der Waals surface area contributed by atoms with Crippen LogP contribution in [0.25, 0.3) is 0 Å². The third-order valence-electron chi connectivity index (χ3n) is 5.06. The number of nitrogens with two attached hydrogens (primary N) is 1. The second-order valence-electron chi connectivity index (χ2n) is 6.02. The zero-order chi connectivity index (χ0) is 13.6. The van der Waals surface area contributed by atoms with Gasteiger partial charge >= 0.3 is 0 Å². The van der Waals surface area contributed by atoms with Gasteiger partial charge in [-0.15, -0.1) is 0 Å². The molecule has 1 aliphatic carbocycles. The molecule has 0 fully saturated rings. The van der Waals surface area contributed by atoms with E-state index in [1.165, 1.54) is 32.2 Å². The smallest absolute Gasteiger partial charge is 0.00409 e. The Hall–Kier alpha value is -0.340. The van der Waals surface area contributed by atoms with E-state index in [1.54, 1.807) is 0 Å². The molecule has 106 valence electrons. The van der Waals surface area contributed by atoms with Crippen LogP contribution in [0.4, 0.5) is 0 Å². The van der Waals surface area contributed by atoms with Gasteiger partial charge in [-0.05, 0) is 44.2 Å². The summed E-state index contributed by atoms with van der Waals surface area (Å²) in [6.07, 6.45) is 9.70. The van der Waals surface area contributed by atoms with Gasteiger partial charge < -0.3 is 10.6 Å². The third-order valence-corrected chi connectivity index (χ3v) is 5.06. The van der Waals surface area contributed by atoms with Crippen LogP contribution in [0.2, 0.25) is 0 Å². The lowest BCUT2D eigenvalue weighted by Crippen LogP contribution is -2.44. The minimum atomic E-state index is 0.251. The fourth-order valence-corrected chi connectivity index (χ4v) is 3.39. The Balaban J connectivity index is 2.86. The van der Waals surface area contributed by atoms with E-state index in [2.05, 4.69) is 44.7 Å². The number of rotatable bonds is 7. The van der Waals surface area contributed by atoms with E-state index in [-0.39, 0.29) is 5.41 Å². The Morgan fingerprint density at radius 3 is 2.22 bits per heavy atom. The monoisotopic (exact) mass is 252 g/mol. The van der Waals surface area contributed by atoms with Crippen molar-refractivity contribution in [1.82, 2.24) is 4.90 Å². The van der Waals surface area contributed by atoms with E-state index in [9.17, 15) is 0 Å². The van der Waals surface area contributed by atoms with Crippen LogP contribution >= 0.6 is 0 Å². The first-order chi connectivity index (χ1) is 8.59. The molecule has 1 aliphatic rings. The molecule has 2 N–H and O–H groups in total. The van der Waals surface area contributed by atoms with Crippen LogP contribution in [0.3, 0.4) is 0 Å². The minimum Gasteiger partial charge on any atom is -0.330 e. The summed E-state index contributed by atoms with van der Waals surface area (Å²) in [6.45, 7) is 13.5. The van der Waals surface area contributed by atoms with E-state index in [4.69, 9.17) is 5.73 Å². The van der Waals surface area contributed by atoms with Gasteiger partial charge in [0.15, 0.2) is 0 Å². The molecular weight excluding hydrogens is 220 g/mol. The molecule has 2 nitrogen and oxygen atoms in total. The van der Waals surface area contributed by atoms with Gasteiger partial charge in [0.05, 0.1) is 0 Å². The summed E-state index contributed by atoms with van der Waals surface area (Å²) in [5, 5.41) is 0. The standard InChI is InChI=1S/C16H32N2/c1-5-15(13-17)10-9-11-16(6-2,12-15)14-18(7-3)8-4/h9-10H,5-8,11-14,17H2,1-4H3. The van der Waals surface area contributed by atoms with Gasteiger partial charge in [0.1, 0.15) is 0 Å². The van der Waals surface area contributed by atoms with Crippen molar-refractivity contribution in [3.63, 3.8) is 0 Å². The van der Waals surface area contributed by atoms with Gasteiger partial charge in [0.2, 0.25) is 0 Å². The Labute approximate surface area is 114 Å². The number of hydrogen-bond donors (Lipinski definition) is 1. The van der Waals surface area contributed by atoms with Crippen molar-refractivity contribution in [2.45, 2.75) is 53.4 Å². The fourth-order valence-electron chi connectivity index (χ4n) is 3.39. The molecule has 2 heteroatoms. The molecule has 2 atom stereocenters. The molecule has 0 bridgehead atoms. The summed E-state index contributed by atoms with van der Waals surface area (Å²) in [7, 11) is 0. The molecule has 0 spiro atoms. The van der Waals surface area contributed by atoms with Crippen molar-refractivity contribution in [2.24, 2.45) is 16.6 Å². The van der Waals surface area contributed by atoms with Crippen molar-refractivity contribution >= 4 is 0 Å². The Morgan fingerprint density at radius 2 is 1.78 bits per heavy atom. The Bertz CT molecular complexity index is 264. The van der Waals surface area contributed by atoms with Crippen molar-refractivity contribution in [1.29, 1.82) is 0 Å². The van der Waals surface area contributed by atoms with Crippen LogP contribution in [0.5, 0.6) is 0 Å². The highest BCUT2D eigenvalue weighted by Gasteiger charge is 2.40. The van der Waals surface area contributed by atoms with Crippen molar-refractivity contribution in [2.75, 3.05) is 26.2 Å². The van der Waals surface area contributed by atoms with E-state index < -0.39 is 0 Å². The number of hydrogen-bond acceptors (Lipinski definition) is 2. The lowest BCUT2D eigenvalue weighted by atomic mass is 9.63. The first-order valence-electron chi connectivity index (χ1n) is 7.69. The van der Waals surface area contributed by atoms with Crippen LogP contribution in [0.15, 0.2) is 12.2 Å². The molecule has 1 rings (SSSR count). The third kappa shape index (κ3) is 3.36. The second kappa shape index (κ2) is 6.72. The maximum absolute atomic E-state index is 6.06. The average Bonchev–Trinajstić information content (AvgIpc) is 2.44. The van der Waals surface area contributed by atoms with Gasteiger partial charge in [0, 0.05) is 18.5 Å². The van der Waals surface area contributed by atoms with Gasteiger partial charge in [-0.3, -0.25) is 0 Å². The average molecular weight is 252 g/mol. The molecule has 18 heavy (non-hydrogen) atoms. The van der Waals surface area contributed by atoms with E-state index in [1.807, 2.05) is 0 Å². The topological polar surface area (TPSA) is 29.3 Å². The molecule has 0 aromatic carbocycles. The second-order valence-corrected chi connectivity index (χ2v) is 6.02. The van der Waals surface area contributed by atoms with Crippen LogP contribution in [-0.4, -0.2) is 31.1 Å². The summed E-state index contributed by atoms with van der Waals surface area (Å²) in [5.41, 5.74) is 6.75. The summed E-state index contributed by atoms with van der Waals surface area (Å²) in [4.78, 5) is 2.57. The maximum Gasteiger partial charge on any atom is 0.00409 e. The summed E-state index contributed by atoms with van der Waals surface area (Å²) >= 11 is 0. The maximum atomic E-state index is 6.06. The van der Waals surface area contributed by atoms with Crippen molar-refractivity contribution in [3.05, 3.63) is 12.2 Å². The molecule has 0 aliphatic heterocycles. The fraction of sp³-hybridized carbons (Fsp3) is 0.875. The van der Waals surface area contributed by atoms with Crippen molar-refractivity contribution in [3.8, 4) is 0 Å². The SMILES string of the molecule is CCN(CC)CC1(CC)CC=CC(CC)(CN)C1. The first kappa shape index (κ1) is 15.7. The summed E-state index contributed by atoms with van der Waals surface area (Å²) < 4.78 is 0. The highest BCUT2D eigenvalue weighted by atomic mass is 15.1. The number of nitrogens with zero attached hydrogens (tertiary/aromatic N) is 1. The molecule has 0 amide bonds. The first-order valence-corrected chi connectivity index (χ1v) is 7.69. The highest BCUT2D eigenvalue weighted by molar-refractivity contribution is 5.10. The van der Waals surface area contributed by atoms with Crippen molar-refractivity contribution < 1.29 is 0 Å². The highest BCUT2D eigenvalue weighted by Crippen LogP contribution is 2.46. The van der Waals surface area contributed by atoms with E-state index in [0.717, 1.165) is 19.6 Å². The minimum absolute atomic E-state index is 0.251. The van der Waals surface area contributed by atoms with Gasteiger partial charge in [-0.25, -0.2) is 0 Å². The Morgan fingerprint density at radius 1 is 1.11 bits per heavy atom. The summed E-state index contributed by atoms with van der Waals surface area (Å²) in [5.74, 6) is 0. The van der Waals surface area contributed by atoms with Crippen LogP contribution in [-0.2, 0) is 0 Å². The molecular formula is C16H32N2. The molecule has 0 aromatic heterocycles. The molecule has 0 saturated carbocycles. The molecule has 2 unspecified atom stereocenters. The number of allylic oxidation sites excluding steroid dienone is 1. The zero-order valence-electron chi connectivity index (χ0n) is 12.8. The predicted molar refractivity (Wildman–Crippen MR) is 80.7 cm³/mol. The molecule has 0 saturated heterocycles. The lowest BCUT2D eigenvalue weighted by molar-refractivity contribution is 0.0892.